The molecule has 0 rings (SSSR count). The monoisotopic (exact) mass is 263 g/mol. The molecule has 0 aromatic carbocycles. The van der Waals surface area contributed by atoms with Crippen molar-refractivity contribution in [3.8, 4) is 0 Å². The lowest BCUT2D eigenvalue weighted by molar-refractivity contribution is 0.131. The maximum Gasteiger partial charge on any atom is 0.0589 e. The third-order valence-corrected chi connectivity index (χ3v) is 3.13. The second-order valence-electron chi connectivity index (χ2n) is 4.32. The Morgan fingerprint density at radius 2 is 1.41 bits per heavy atom. The number of thiol groups is 1. The minimum absolute atomic E-state index is 0.823. The zero-order valence-corrected chi connectivity index (χ0v) is 12.4. The van der Waals surface area contributed by atoms with Gasteiger partial charge in [-0.25, -0.2) is 0 Å². The number of unbranched alkanes of at least 4 members (excludes halogenated alkanes) is 3. The molecule has 0 aliphatic carbocycles. The smallest absolute Gasteiger partial charge is 0.0589 e. The first-order valence-electron chi connectivity index (χ1n) is 6.66. The molecule has 0 heterocycles. The van der Waals surface area contributed by atoms with E-state index in [0.717, 1.165) is 38.5 Å². The van der Waals surface area contributed by atoms with Gasteiger partial charge in [0.1, 0.15) is 0 Å². The molecule has 4 heteroatoms. The van der Waals surface area contributed by atoms with Gasteiger partial charge in [0.25, 0.3) is 0 Å². The van der Waals surface area contributed by atoms with Gasteiger partial charge in [0, 0.05) is 33.9 Å². The van der Waals surface area contributed by atoms with Crippen LogP contribution in [0.25, 0.3) is 0 Å². The molecular formula is C13H29NO2S. The molecule has 0 unspecified atom stereocenters. The Labute approximate surface area is 112 Å². The SMILES string of the molecule is COCCCN(CCCCCCS)CCOC. The summed E-state index contributed by atoms with van der Waals surface area (Å²) in [6.07, 6.45) is 6.25. The summed E-state index contributed by atoms with van der Waals surface area (Å²) in [6, 6.07) is 0. The van der Waals surface area contributed by atoms with Crippen molar-refractivity contribution >= 4 is 12.6 Å². The molecule has 0 aliphatic heterocycles. The molecule has 0 atom stereocenters. The number of ether oxygens (including phenoxy) is 2. The van der Waals surface area contributed by atoms with Crippen molar-refractivity contribution in [2.24, 2.45) is 0 Å². The predicted molar refractivity (Wildman–Crippen MR) is 77.1 cm³/mol. The molecular weight excluding hydrogens is 234 g/mol. The summed E-state index contributed by atoms with van der Waals surface area (Å²) >= 11 is 4.23. The summed E-state index contributed by atoms with van der Waals surface area (Å²) in [7, 11) is 3.52. The van der Waals surface area contributed by atoms with Gasteiger partial charge >= 0.3 is 0 Å². The van der Waals surface area contributed by atoms with Crippen molar-refractivity contribution < 1.29 is 9.47 Å². The molecule has 0 bridgehead atoms. The van der Waals surface area contributed by atoms with Crippen LogP contribution in [0.15, 0.2) is 0 Å². The molecule has 0 amide bonds. The Morgan fingerprint density at radius 1 is 0.765 bits per heavy atom. The number of hydrogen-bond acceptors (Lipinski definition) is 4. The van der Waals surface area contributed by atoms with Gasteiger partial charge in [0.15, 0.2) is 0 Å². The molecule has 104 valence electrons. The fraction of sp³-hybridized carbons (Fsp3) is 1.00. The number of nitrogens with zero attached hydrogens (tertiary/aromatic N) is 1. The molecule has 0 spiro atoms. The maximum absolute atomic E-state index is 5.14. The van der Waals surface area contributed by atoms with Gasteiger partial charge < -0.3 is 14.4 Å². The van der Waals surface area contributed by atoms with E-state index in [0.29, 0.717) is 0 Å². The van der Waals surface area contributed by atoms with Crippen LogP contribution in [0.1, 0.15) is 32.1 Å². The highest BCUT2D eigenvalue weighted by Crippen LogP contribution is 2.03. The van der Waals surface area contributed by atoms with Gasteiger partial charge in [-0.3, -0.25) is 0 Å². The summed E-state index contributed by atoms with van der Waals surface area (Å²) in [5.41, 5.74) is 0. The van der Waals surface area contributed by atoms with Crippen LogP contribution in [0.3, 0.4) is 0 Å². The summed E-state index contributed by atoms with van der Waals surface area (Å²) < 4.78 is 10.2. The van der Waals surface area contributed by atoms with Gasteiger partial charge in [-0.15, -0.1) is 0 Å². The minimum atomic E-state index is 0.823. The van der Waals surface area contributed by atoms with E-state index in [2.05, 4.69) is 17.5 Å². The molecule has 0 saturated heterocycles. The van der Waals surface area contributed by atoms with E-state index in [1.165, 1.54) is 32.2 Å². The largest absolute Gasteiger partial charge is 0.385 e. The molecule has 0 fully saturated rings. The number of hydrogen-bond donors (Lipinski definition) is 1. The van der Waals surface area contributed by atoms with Crippen LogP contribution in [-0.4, -0.2) is 57.7 Å². The standard InChI is InChI=1S/C13H29NO2S/c1-15-11-7-9-14(10-12-16-2)8-5-3-4-6-13-17/h17H,3-13H2,1-2H3. The van der Waals surface area contributed by atoms with E-state index in [1.807, 2.05) is 0 Å². The first-order chi connectivity index (χ1) is 8.35. The highest BCUT2D eigenvalue weighted by atomic mass is 32.1. The molecule has 0 radical (unpaired) electrons. The van der Waals surface area contributed by atoms with Crippen molar-refractivity contribution in [2.75, 3.05) is 52.8 Å². The molecule has 0 aromatic heterocycles. The highest BCUT2D eigenvalue weighted by Gasteiger charge is 2.03. The van der Waals surface area contributed by atoms with Gasteiger partial charge in [0.05, 0.1) is 6.61 Å². The quantitative estimate of drug-likeness (QED) is 0.407. The van der Waals surface area contributed by atoms with Crippen molar-refractivity contribution in [1.29, 1.82) is 0 Å². The normalized spacial score (nSPS) is 11.3. The fourth-order valence-electron chi connectivity index (χ4n) is 1.79. The zero-order valence-electron chi connectivity index (χ0n) is 11.5. The topological polar surface area (TPSA) is 21.7 Å². The van der Waals surface area contributed by atoms with Gasteiger partial charge in [0.2, 0.25) is 0 Å². The van der Waals surface area contributed by atoms with Crippen LogP contribution in [0, 0.1) is 0 Å². The van der Waals surface area contributed by atoms with Gasteiger partial charge in [-0.1, -0.05) is 12.8 Å². The zero-order chi connectivity index (χ0) is 12.8. The predicted octanol–water partition coefficient (Wildman–Crippen LogP) is 2.46. The first-order valence-corrected chi connectivity index (χ1v) is 7.29. The molecule has 0 N–H and O–H groups in total. The van der Waals surface area contributed by atoms with Gasteiger partial charge in [-0.05, 0) is 31.6 Å². The van der Waals surface area contributed by atoms with E-state index in [1.54, 1.807) is 14.2 Å². The molecule has 17 heavy (non-hydrogen) atoms. The van der Waals surface area contributed by atoms with Crippen LogP contribution in [0.5, 0.6) is 0 Å². The molecule has 3 nitrogen and oxygen atoms in total. The molecule has 0 aliphatic rings. The van der Waals surface area contributed by atoms with Crippen LogP contribution in [0.4, 0.5) is 0 Å². The summed E-state index contributed by atoms with van der Waals surface area (Å²) in [6.45, 7) is 5.00. The van der Waals surface area contributed by atoms with Crippen LogP contribution in [-0.2, 0) is 9.47 Å². The Kier molecular flexibility index (Phi) is 14.5. The Bertz CT molecular complexity index is 147. The minimum Gasteiger partial charge on any atom is -0.385 e. The average Bonchev–Trinajstić information content (AvgIpc) is 2.35. The number of rotatable bonds is 13. The van der Waals surface area contributed by atoms with E-state index in [9.17, 15) is 0 Å². The highest BCUT2D eigenvalue weighted by molar-refractivity contribution is 7.80. The van der Waals surface area contributed by atoms with Crippen LogP contribution >= 0.6 is 12.6 Å². The van der Waals surface area contributed by atoms with E-state index in [-0.39, 0.29) is 0 Å². The van der Waals surface area contributed by atoms with E-state index in [4.69, 9.17) is 9.47 Å². The first kappa shape index (κ1) is 17.2. The fourth-order valence-corrected chi connectivity index (χ4v) is 2.01. The number of methoxy groups -OCH3 is 2. The lowest BCUT2D eigenvalue weighted by Crippen LogP contribution is -2.30. The van der Waals surface area contributed by atoms with Crippen molar-refractivity contribution in [3.63, 3.8) is 0 Å². The second kappa shape index (κ2) is 14.3. The van der Waals surface area contributed by atoms with Gasteiger partial charge in [-0.2, -0.15) is 12.6 Å². The van der Waals surface area contributed by atoms with E-state index < -0.39 is 0 Å². The Hall–Kier alpha value is 0.230. The summed E-state index contributed by atoms with van der Waals surface area (Å²) in [5, 5.41) is 0. The average molecular weight is 263 g/mol. The van der Waals surface area contributed by atoms with E-state index >= 15 is 0 Å². The third kappa shape index (κ3) is 12.5. The lowest BCUT2D eigenvalue weighted by atomic mass is 10.2. The Balaban J connectivity index is 3.53. The second-order valence-corrected chi connectivity index (χ2v) is 4.77. The van der Waals surface area contributed by atoms with Crippen LogP contribution in [0.2, 0.25) is 0 Å². The van der Waals surface area contributed by atoms with Crippen molar-refractivity contribution in [2.45, 2.75) is 32.1 Å². The summed E-state index contributed by atoms with van der Waals surface area (Å²) in [4.78, 5) is 2.48. The van der Waals surface area contributed by atoms with Crippen LogP contribution < -0.4 is 0 Å². The molecule has 0 aromatic rings. The van der Waals surface area contributed by atoms with Crippen molar-refractivity contribution in [1.82, 2.24) is 4.90 Å². The van der Waals surface area contributed by atoms with Crippen molar-refractivity contribution in [3.05, 3.63) is 0 Å². The maximum atomic E-state index is 5.14. The Morgan fingerprint density at radius 3 is 2.06 bits per heavy atom. The molecule has 0 saturated carbocycles. The summed E-state index contributed by atoms with van der Waals surface area (Å²) in [5.74, 6) is 1.02. The lowest BCUT2D eigenvalue weighted by Gasteiger charge is -2.21. The third-order valence-electron chi connectivity index (χ3n) is 2.82.